The summed E-state index contributed by atoms with van der Waals surface area (Å²) in [5.41, 5.74) is -12.0. The first-order valence-electron chi connectivity index (χ1n) is 20.3. The van der Waals surface area contributed by atoms with E-state index in [-0.39, 0.29) is 46.3 Å². The van der Waals surface area contributed by atoms with Crippen molar-refractivity contribution in [2.45, 2.75) is 99.1 Å². The maximum atomic E-state index is 14.4. The molecule has 2 aromatic carbocycles. The third-order valence-corrected chi connectivity index (χ3v) is 12.6. The quantitative estimate of drug-likeness (QED) is 0.0502. The molecule has 340 valence electrons. The predicted octanol–water partition coefficient (Wildman–Crippen LogP) is 2.35. The van der Waals surface area contributed by atoms with Gasteiger partial charge in [-0.05, 0) is 32.1 Å². The summed E-state index contributed by atoms with van der Waals surface area (Å²) in [7, 11) is 0. The van der Waals surface area contributed by atoms with Crippen molar-refractivity contribution in [1.82, 2.24) is 0 Å². The van der Waals surface area contributed by atoms with Gasteiger partial charge >= 0.3 is 17.6 Å². The van der Waals surface area contributed by atoms with Crippen LogP contribution in [0.3, 0.4) is 0 Å². The standard InChI is InChI=1S/C46H43NO18/c1-21-16-31(50)45(60)43(59,19-21)20-32(51)44-41(57)35-27(40(56)46(44,45)65-44)15-14-25(37(35)54)29-18-30(39(22(2)61-29)62-23(3)48)63-34(53)11-9-7-5-4-6-8-10-33(52)47-36-38(55)26-13-12-24(49)17-28(26)64-42(36)58/h4-17,22,29-30,32,39,41,49,51,54-55,57,59-60H,18-20H2,1-3H3,(H,47,52)/b6-4+,7-5+,10-8+,11-9+/t22-,29-,30-,32+,39-,41-,43-,44-,45+,46+/m1/s1. The fraction of sp³-hybridized carbons (Fsp3) is 0.348. The molecule has 10 atom stereocenters. The number of nitrogens with one attached hydrogen (secondary N) is 1. The Bertz CT molecular complexity index is 2780. The monoisotopic (exact) mass is 897 g/mol. The van der Waals surface area contributed by atoms with Crippen molar-refractivity contribution in [2.24, 2.45) is 0 Å². The molecule has 19 heteroatoms. The van der Waals surface area contributed by atoms with Crippen molar-refractivity contribution in [2.75, 3.05) is 5.32 Å². The summed E-state index contributed by atoms with van der Waals surface area (Å²) >= 11 is 0. The molecule has 0 unspecified atom stereocenters. The Morgan fingerprint density at radius 1 is 0.908 bits per heavy atom. The number of rotatable bonds is 9. The molecule has 0 spiro atoms. The van der Waals surface area contributed by atoms with Crippen LogP contribution >= 0.6 is 0 Å². The lowest BCUT2D eigenvalue weighted by molar-refractivity contribution is -0.210. The fourth-order valence-electron chi connectivity index (χ4n) is 9.75. The molecule has 1 amide bonds. The number of aliphatic hydroxyl groups excluding tert-OH is 2. The van der Waals surface area contributed by atoms with Gasteiger partial charge in [-0.1, -0.05) is 54.2 Å². The van der Waals surface area contributed by atoms with Crippen LogP contribution in [0.5, 0.6) is 17.2 Å². The highest BCUT2D eigenvalue weighted by Crippen LogP contribution is 2.73. The van der Waals surface area contributed by atoms with Crippen molar-refractivity contribution in [1.29, 1.82) is 0 Å². The van der Waals surface area contributed by atoms with Crippen LogP contribution in [-0.4, -0.2) is 112 Å². The molecular weight excluding hydrogens is 854 g/mol. The number of anilines is 1. The Balaban J connectivity index is 0.945. The van der Waals surface area contributed by atoms with E-state index in [1.807, 2.05) is 0 Å². The number of carbonyl (C=O) groups is 5. The van der Waals surface area contributed by atoms with E-state index in [0.29, 0.717) is 5.57 Å². The average Bonchev–Trinajstić information content (AvgIpc) is 3.97. The van der Waals surface area contributed by atoms with Crippen LogP contribution in [0.15, 0.2) is 99.8 Å². The predicted molar refractivity (Wildman–Crippen MR) is 222 cm³/mol. The van der Waals surface area contributed by atoms with Crippen molar-refractivity contribution in [3.8, 4) is 17.2 Å². The minimum Gasteiger partial charge on any atom is -0.508 e. The van der Waals surface area contributed by atoms with E-state index in [0.717, 1.165) is 31.2 Å². The number of amides is 1. The van der Waals surface area contributed by atoms with E-state index in [1.54, 1.807) is 6.92 Å². The van der Waals surface area contributed by atoms with E-state index < -0.39 is 118 Å². The number of epoxide rings is 1. The number of phenols is 2. The summed E-state index contributed by atoms with van der Waals surface area (Å²) in [4.78, 5) is 77.6. The average molecular weight is 898 g/mol. The van der Waals surface area contributed by atoms with Gasteiger partial charge in [-0.15, -0.1) is 0 Å². The number of ether oxygens (including phenoxy) is 4. The van der Waals surface area contributed by atoms with Gasteiger partial charge in [0.2, 0.25) is 17.3 Å². The largest absolute Gasteiger partial charge is 0.508 e. The van der Waals surface area contributed by atoms with Gasteiger partial charge in [0.05, 0.1) is 23.7 Å². The second-order valence-corrected chi connectivity index (χ2v) is 16.7. The number of aliphatic hydroxyl groups is 4. The summed E-state index contributed by atoms with van der Waals surface area (Å²) < 4.78 is 28.2. The highest BCUT2D eigenvalue weighted by molar-refractivity contribution is 6.17. The topological polar surface area (TPSA) is 309 Å². The molecule has 1 saturated carbocycles. The lowest BCUT2D eigenvalue weighted by atomic mass is 9.50. The van der Waals surface area contributed by atoms with Crippen LogP contribution in [-0.2, 0) is 38.1 Å². The normalized spacial score (nSPS) is 32.8. The zero-order valence-corrected chi connectivity index (χ0v) is 34.8. The number of aromatic hydroxyl groups is 3. The third kappa shape index (κ3) is 6.89. The van der Waals surface area contributed by atoms with Crippen LogP contribution in [0, 0.1) is 0 Å². The van der Waals surface area contributed by atoms with E-state index in [4.69, 9.17) is 23.4 Å². The summed E-state index contributed by atoms with van der Waals surface area (Å²) in [5, 5.41) is 81.0. The maximum Gasteiger partial charge on any atom is 0.364 e. The number of Topliss-reactive ketones (excluding diaryl/α,β-unsaturated/α-hetero) is 1. The van der Waals surface area contributed by atoms with Gasteiger partial charge in [0.15, 0.2) is 34.5 Å². The number of phenolic OH excluding ortho intramolecular Hbond substituents is 2. The number of esters is 2. The van der Waals surface area contributed by atoms with Crippen LogP contribution in [0.4, 0.5) is 5.69 Å². The SMILES string of the molecule is CC(=O)O[C@@H]1[C@@H](C)O[C@@H](c2ccc3c(c2O)[C@@H](O)[C@@]24O[C@]2(C3=O)[C@]2(O)C(=O)C=C(C)C[C@@]2(O)C[C@@H]4O)C[C@H]1OC(=O)/C=C/C=C/C=C/C=C/C(=O)Nc1c(O)c2ccc(O)cc2oc1=O. The maximum absolute atomic E-state index is 14.4. The number of fused-ring (bicyclic) bond motifs is 3. The summed E-state index contributed by atoms with van der Waals surface area (Å²) in [6.07, 6.45) is 2.65. The minimum atomic E-state index is -2.88. The molecule has 2 saturated heterocycles. The molecule has 8 rings (SSSR count). The highest BCUT2D eigenvalue weighted by atomic mass is 16.7. The van der Waals surface area contributed by atoms with Gasteiger partial charge in [0, 0.05) is 61.1 Å². The Hall–Kier alpha value is -6.74. The Morgan fingerprint density at radius 2 is 1.60 bits per heavy atom. The molecule has 3 aliphatic carbocycles. The van der Waals surface area contributed by atoms with Crippen molar-refractivity contribution in [3.63, 3.8) is 0 Å². The molecule has 19 nitrogen and oxygen atoms in total. The lowest BCUT2D eigenvalue weighted by Gasteiger charge is -2.54. The van der Waals surface area contributed by atoms with Crippen molar-refractivity contribution in [3.05, 3.63) is 118 Å². The highest BCUT2D eigenvalue weighted by Gasteiger charge is 2.96. The molecule has 3 aromatic rings. The smallest absolute Gasteiger partial charge is 0.364 e. The van der Waals surface area contributed by atoms with Gasteiger partial charge < -0.3 is 64.4 Å². The van der Waals surface area contributed by atoms with Gasteiger partial charge in [0.25, 0.3) is 0 Å². The third-order valence-electron chi connectivity index (χ3n) is 12.6. The van der Waals surface area contributed by atoms with E-state index >= 15 is 0 Å². The van der Waals surface area contributed by atoms with Crippen LogP contribution < -0.4 is 10.9 Å². The molecular formula is C46H43NO18. The number of allylic oxidation sites excluding steroid dienone is 6. The van der Waals surface area contributed by atoms with Gasteiger partial charge in [-0.2, -0.15) is 0 Å². The number of ketones is 2. The van der Waals surface area contributed by atoms with Gasteiger partial charge in [-0.3, -0.25) is 19.2 Å². The summed E-state index contributed by atoms with van der Waals surface area (Å²) in [6.45, 7) is 4.24. The zero-order valence-electron chi connectivity index (χ0n) is 34.8. The zero-order chi connectivity index (χ0) is 47.0. The Morgan fingerprint density at radius 3 is 2.31 bits per heavy atom. The number of hydrogen-bond donors (Lipinski definition) is 8. The first kappa shape index (κ1) is 44.9. The molecule has 0 bridgehead atoms. The first-order chi connectivity index (χ1) is 30.7. The fourth-order valence-corrected chi connectivity index (χ4v) is 9.75. The van der Waals surface area contributed by atoms with Gasteiger partial charge in [-0.25, -0.2) is 9.59 Å². The van der Waals surface area contributed by atoms with Crippen LogP contribution in [0.2, 0.25) is 0 Å². The minimum absolute atomic E-state index is 0.0123. The summed E-state index contributed by atoms with van der Waals surface area (Å²) in [5.74, 6) is -5.76. The Labute approximate surface area is 367 Å². The van der Waals surface area contributed by atoms with Crippen molar-refractivity contribution < 1.29 is 83.1 Å². The second-order valence-electron chi connectivity index (χ2n) is 16.7. The molecule has 1 aromatic heterocycles. The molecule has 0 radical (unpaired) electrons. The van der Waals surface area contributed by atoms with Crippen LogP contribution in [0.1, 0.15) is 73.7 Å². The molecule has 8 N–H and O–H groups in total. The van der Waals surface area contributed by atoms with E-state index in [2.05, 4.69) is 5.32 Å². The second kappa shape index (κ2) is 16.1. The van der Waals surface area contributed by atoms with Crippen LogP contribution in [0.25, 0.3) is 11.0 Å². The summed E-state index contributed by atoms with van der Waals surface area (Å²) in [6, 6.07) is 6.25. The number of benzene rings is 2. The number of carbonyl (C=O) groups excluding carboxylic acids is 5. The molecule has 2 aliphatic heterocycles. The Kier molecular flexibility index (Phi) is 11.1. The first-order valence-corrected chi connectivity index (χ1v) is 20.3. The molecule has 65 heavy (non-hydrogen) atoms. The van der Waals surface area contributed by atoms with E-state index in [9.17, 15) is 64.5 Å². The number of hydrogen-bond acceptors (Lipinski definition) is 18. The van der Waals surface area contributed by atoms with Gasteiger partial charge in [0.1, 0.15) is 34.9 Å². The van der Waals surface area contributed by atoms with E-state index in [1.165, 1.54) is 67.6 Å². The molecule has 3 fully saturated rings. The lowest BCUT2D eigenvalue weighted by Crippen LogP contribution is -2.78. The molecule has 5 aliphatic rings. The molecule has 3 heterocycles. The van der Waals surface area contributed by atoms with Crippen molar-refractivity contribution >= 4 is 46.1 Å².